The molecule has 1 saturated heterocycles. The van der Waals surface area contributed by atoms with Gasteiger partial charge in [-0.05, 0) is 24.3 Å². The summed E-state index contributed by atoms with van der Waals surface area (Å²) in [6, 6.07) is 6.27. The zero-order chi connectivity index (χ0) is 16.4. The maximum atomic E-state index is 13.0. The number of aromatic nitrogens is 2. The third kappa shape index (κ3) is 2.98. The molecule has 2 aromatic rings. The number of nitro groups is 1. The Labute approximate surface area is 131 Å². The van der Waals surface area contributed by atoms with Crippen LogP contribution in [0.5, 0.6) is 0 Å². The van der Waals surface area contributed by atoms with Crippen LogP contribution in [0.3, 0.4) is 0 Å². The first-order chi connectivity index (χ1) is 11.1. The van der Waals surface area contributed by atoms with Gasteiger partial charge < -0.3 is 15.5 Å². The molecule has 1 aliphatic heterocycles. The molecule has 0 amide bonds. The number of nitrogens with zero attached hydrogens (tertiary/aromatic N) is 5. The van der Waals surface area contributed by atoms with E-state index >= 15 is 0 Å². The second kappa shape index (κ2) is 6.03. The zero-order valence-corrected chi connectivity index (χ0v) is 12.2. The van der Waals surface area contributed by atoms with Crippen molar-refractivity contribution < 1.29 is 9.31 Å². The Balaban J connectivity index is 1.76. The lowest BCUT2D eigenvalue weighted by Gasteiger charge is -2.36. The Morgan fingerprint density at radius 3 is 2.30 bits per heavy atom. The third-order valence-electron chi connectivity index (χ3n) is 3.78. The van der Waals surface area contributed by atoms with Crippen LogP contribution in [0.2, 0.25) is 0 Å². The van der Waals surface area contributed by atoms with Gasteiger partial charge in [-0.25, -0.2) is 14.4 Å². The largest absolute Gasteiger partial charge is 0.378 e. The number of piperazine rings is 1. The Hall–Kier alpha value is -2.97. The normalized spacial score (nSPS) is 14.8. The van der Waals surface area contributed by atoms with Gasteiger partial charge >= 0.3 is 5.69 Å². The zero-order valence-electron chi connectivity index (χ0n) is 12.2. The van der Waals surface area contributed by atoms with E-state index in [9.17, 15) is 14.5 Å². The van der Waals surface area contributed by atoms with E-state index in [0.29, 0.717) is 26.2 Å². The first-order valence-electron chi connectivity index (χ1n) is 7.06. The smallest absolute Gasteiger partial charge is 0.353 e. The van der Waals surface area contributed by atoms with Gasteiger partial charge in [-0.2, -0.15) is 0 Å². The van der Waals surface area contributed by atoms with Gasteiger partial charge in [-0.1, -0.05) is 0 Å². The van der Waals surface area contributed by atoms with Crippen LogP contribution in [0, 0.1) is 15.9 Å². The summed E-state index contributed by atoms with van der Waals surface area (Å²) >= 11 is 0. The van der Waals surface area contributed by atoms with E-state index < -0.39 is 4.92 Å². The van der Waals surface area contributed by atoms with Crippen molar-refractivity contribution in [1.29, 1.82) is 0 Å². The molecule has 1 aromatic carbocycles. The lowest BCUT2D eigenvalue weighted by molar-refractivity contribution is -0.383. The Kier molecular flexibility index (Phi) is 3.92. The fourth-order valence-corrected chi connectivity index (χ4v) is 2.62. The summed E-state index contributed by atoms with van der Waals surface area (Å²) in [4.78, 5) is 22.2. The van der Waals surface area contributed by atoms with Gasteiger partial charge in [0.1, 0.15) is 12.1 Å². The van der Waals surface area contributed by atoms with Gasteiger partial charge in [0.25, 0.3) is 0 Å². The highest BCUT2D eigenvalue weighted by molar-refractivity contribution is 5.68. The minimum Gasteiger partial charge on any atom is -0.378 e. The predicted molar refractivity (Wildman–Crippen MR) is 83.9 cm³/mol. The summed E-state index contributed by atoms with van der Waals surface area (Å²) in [5.74, 6) is -0.179. The van der Waals surface area contributed by atoms with E-state index in [4.69, 9.17) is 5.73 Å². The molecule has 0 radical (unpaired) electrons. The molecule has 1 aliphatic rings. The van der Waals surface area contributed by atoms with Gasteiger partial charge in [0.05, 0.1) is 4.92 Å². The highest BCUT2D eigenvalue weighted by Crippen LogP contribution is 2.30. The van der Waals surface area contributed by atoms with Crippen LogP contribution in [-0.2, 0) is 0 Å². The number of rotatable bonds is 3. The molecular weight excluding hydrogens is 303 g/mol. The second-order valence-corrected chi connectivity index (χ2v) is 5.14. The molecule has 3 rings (SSSR count). The molecule has 0 spiro atoms. The first-order valence-corrected chi connectivity index (χ1v) is 7.06. The summed E-state index contributed by atoms with van der Waals surface area (Å²) < 4.78 is 13.0. The van der Waals surface area contributed by atoms with Crippen molar-refractivity contribution in [3.63, 3.8) is 0 Å². The second-order valence-electron chi connectivity index (χ2n) is 5.14. The molecule has 120 valence electrons. The highest BCUT2D eigenvalue weighted by atomic mass is 19.1. The monoisotopic (exact) mass is 318 g/mol. The molecular formula is C14H15FN6O2. The molecule has 9 heteroatoms. The number of nitrogen functional groups attached to an aromatic ring is 1. The molecule has 2 heterocycles. The number of hydrogen-bond donors (Lipinski definition) is 1. The average Bonchev–Trinajstić information content (AvgIpc) is 2.55. The van der Waals surface area contributed by atoms with Gasteiger partial charge in [0.15, 0.2) is 0 Å². The van der Waals surface area contributed by atoms with E-state index in [1.54, 1.807) is 12.1 Å². The summed E-state index contributed by atoms with van der Waals surface area (Å²) in [5.41, 5.74) is 6.25. The fraction of sp³-hybridized carbons (Fsp3) is 0.286. The van der Waals surface area contributed by atoms with Crippen LogP contribution < -0.4 is 15.5 Å². The van der Waals surface area contributed by atoms with E-state index in [1.807, 2.05) is 4.90 Å². The number of halogens is 1. The lowest BCUT2D eigenvalue weighted by Crippen LogP contribution is -2.47. The van der Waals surface area contributed by atoms with Crippen molar-refractivity contribution in [3.05, 3.63) is 46.5 Å². The average molecular weight is 318 g/mol. The molecule has 23 heavy (non-hydrogen) atoms. The summed E-state index contributed by atoms with van der Waals surface area (Å²) in [6.07, 6.45) is 1.23. The van der Waals surface area contributed by atoms with Crippen LogP contribution in [0.15, 0.2) is 30.6 Å². The van der Waals surface area contributed by atoms with Crippen molar-refractivity contribution in [2.45, 2.75) is 0 Å². The number of hydrogen-bond acceptors (Lipinski definition) is 7. The standard InChI is InChI=1S/C14H15FN6O2/c15-10-1-3-11(4-2-10)19-5-7-20(8-6-19)14-12(21(22)23)13(16)17-9-18-14/h1-4,9H,5-8H2,(H2,16,17,18). The van der Waals surface area contributed by atoms with E-state index in [1.165, 1.54) is 18.5 Å². The molecule has 0 bridgehead atoms. The highest BCUT2D eigenvalue weighted by Gasteiger charge is 2.28. The molecule has 1 fully saturated rings. The van der Waals surface area contributed by atoms with Gasteiger partial charge in [-0.3, -0.25) is 10.1 Å². The van der Waals surface area contributed by atoms with Crippen LogP contribution in [0.25, 0.3) is 0 Å². The first kappa shape index (κ1) is 14.9. The van der Waals surface area contributed by atoms with E-state index in [2.05, 4.69) is 14.9 Å². The Bertz CT molecular complexity index is 716. The molecule has 8 nitrogen and oxygen atoms in total. The van der Waals surface area contributed by atoms with Gasteiger partial charge in [-0.15, -0.1) is 0 Å². The van der Waals surface area contributed by atoms with Crippen LogP contribution in [0.4, 0.5) is 27.4 Å². The molecule has 0 aliphatic carbocycles. The topological polar surface area (TPSA) is 101 Å². The molecule has 0 saturated carbocycles. The maximum absolute atomic E-state index is 13.0. The summed E-state index contributed by atoms with van der Waals surface area (Å²) in [5, 5.41) is 11.2. The van der Waals surface area contributed by atoms with Crippen molar-refractivity contribution in [2.75, 3.05) is 41.7 Å². The van der Waals surface area contributed by atoms with Crippen LogP contribution in [-0.4, -0.2) is 41.1 Å². The lowest BCUT2D eigenvalue weighted by atomic mass is 10.2. The summed E-state index contributed by atoms with van der Waals surface area (Å²) in [7, 11) is 0. The minimum absolute atomic E-state index is 0.138. The number of anilines is 3. The molecule has 0 atom stereocenters. The van der Waals surface area contributed by atoms with Crippen LogP contribution >= 0.6 is 0 Å². The van der Waals surface area contributed by atoms with E-state index in [0.717, 1.165) is 5.69 Å². The molecule has 0 unspecified atom stereocenters. The van der Waals surface area contributed by atoms with Crippen LogP contribution in [0.1, 0.15) is 0 Å². The van der Waals surface area contributed by atoms with Gasteiger partial charge in [0, 0.05) is 31.9 Å². The van der Waals surface area contributed by atoms with Crippen molar-refractivity contribution in [2.24, 2.45) is 0 Å². The molecule has 1 aromatic heterocycles. The third-order valence-corrected chi connectivity index (χ3v) is 3.78. The number of benzene rings is 1. The maximum Gasteiger partial charge on any atom is 0.353 e. The minimum atomic E-state index is -0.559. The fourth-order valence-electron chi connectivity index (χ4n) is 2.62. The quantitative estimate of drug-likeness (QED) is 0.674. The SMILES string of the molecule is Nc1ncnc(N2CCN(c3ccc(F)cc3)CC2)c1[N+](=O)[O-]. The Morgan fingerprint density at radius 2 is 1.70 bits per heavy atom. The van der Waals surface area contributed by atoms with Crippen molar-refractivity contribution in [1.82, 2.24) is 9.97 Å². The summed E-state index contributed by atoms with van der Waals surface area (Å²) in [6.45, 7) is 2.39. The van der Waals surface area contributed by atoms with Crippen molar-refractivity contribution >= 4 is 23.0 Å². The van der Waals surface area contributed by atoms with Crippen molar-refractivity contribution in [3.8, 4) is 0 Å². The number of nitrogens with two attached hydrogens (primary N) is 1. The Morgan fingerprint density at radius 1 is 1.09 bits per heavy atom. The predicted octanol–water partition coefficient (Wildman–Crippen LogP) is 1.43. The van der Waals surface area contributed by atoms with E-state index in [-0.39, 0.29) is 23.1 Å². The van der Waals surface area contributed by atoms with Gasteiger partial charge in [0.2, 0.25) is 11.6 Å². The molecule has 2 N–H and O–H groups in total.